The number of aromatic nitrogens is 2. The van der Waals surface area contributed by atoms with Gasteiger partial charge in [-0.05, 0) is 46.6 Å². The predicted molar refractivity (Wildman–Crippen MR) is 98.9 cm³/mol. The highest BCUT2D eigenvalue weighted by Gasteiger charge is 2.35. The highest BCUT2D eigenvalue weighted by atomic mass is 79.9. The Hall–Kier alpha value is -2.61. The van der Waals surface area contributed by atoms with Crippen molar-refractivity contribution in [3.05, 3.63) is 70.3 Å². The Morgan fingerprint density at radius 2 is 1.58 bits per heavy atom. The maximum absolute atomic E-state index is 13.3. The van der Waals surface area contributed by atoms with Gasteiger partial charge in [0.25, 0.3) is 0 Å². The standard InChI is InChI=1S/C18H14BrF3N4/c1-11-6-2-4-8-14(11)25-17-23-10-12(18(20,21)22)16(26-17)24-15-9-5-3-7-13(15)19/h2-10H,1H3,(H2,23,24,25,26). The molecule has 134 valence electrons. The number of nitrogens with one attached hydrogen (secondary N) is 2. The van der Waals surface area contributed by atoms with Crippen LogP contribution in [0, 0.1) is 6.92 Å². The van der Waals surface area contributed by atoms with E-state index >= 15 is 0 Å². The van der Waals surface area contributed by atoms with Gasteiger partial charge in [-0.15, -0.1) is 0 Å². The number of nitrogens with zero attached hydrogens (tertiary/aromatic N) is 2. The zero-order valence-corrected chi connectivity index (χ0v) is 15.2. The largest absolute Gasteiger partial charge is 0.421 e. The fourth-order valence-corrected chi connectivity index (χ4v) is 2.65. The number of anilines is 4. The van der Waals surface area contributed by atoms with Crippen molar-refractivity contribution < 1.29 is 13.2 Å². The van der Waals surface area contributed by atoms with Crippen LogP contribution in [0.2, 0.25) is 0 Å². The van der Waals surface area contributed by atoms with E-state index in [1.54, 1.807) is 30.3 Å². The van der Waals surface area contributed by atoms with E-state index in [0.29, 0.717) is 10.2 Å². The van der Waals surface area contributed by atoms with E-state index in [9.17, 15) is 13.2 Å². The first-order valence-corrected chi connectivity index (χ1v) is 8.42. The quantitative estimate of drug-likeness (QED) is 0.536. The fraction of sp³-hybridized carbons (Fsp3) is 0.111. The smallest absolute Gasteiger partial charge is 0.339 e. The topological polar surface area (TPSA) is 49.8 Å². The van der Waals surface area contributed by atoms with Gasteiger partial charge in [0.15, 0.2) is 0 Å². The molecule has 3 rings (SSSR count). The Labute approximate surface area is 156 Å². The van der Waals surface area contributed by atoms with Crippen molar-refractivity contribution in [2.45, 2.75) is 13.1 Å². The molecule has 2 N–H and O–H groups in total. The molecule has 0 saturated carbocycles. The number of hydrogen-bond donors (Lipinski definition) is 2. The molecule has 1 heterocycles. The van der Waals surface area contributed by atoms with Crippen molar-refractivity contribution in [2.75, 3.05) is 10.6 Å². The lowest BCUT2D eigenvalue weighted by Crippen LogP contribution is -2.13. The summed E-state index contributed by atoms with van der Waals surface area (Å²) in [6, 6.07) is 14.2. The van der Waals surface area contributed by atoms with E-state index in [2.05, 4.69) is 36.5 Å². The van der Waals surface area contributed by atoms with Gasteiger partial charge < -0.3 is 10.6 Å². The molecule has 0 spiro atoms. The first-order valence-electron chi connectivity index (χ1n) is 7.63. The molecule has 0 fully saturated rings. The lowest BCUT2D eigenvalue weighted by molar-refractivity contribution is -0.137. The van der Waals surface area contributed by atoms with Crippen LogP contribution in [0.25, 0.3) is 0 Å². The molecule has 0 amide bonds. The lowest BCUT2D eigenvalue weighted by atomic mass is 10.2. The van der Waals surface area contributed by atoms with E-state index in [1.165, 1.54) is 0 Å². The number of halogens is 4. The summed E-state index contributed by atoms with van der Waals surface area (Å²) in [6.07, 6.45) is -3.81. The summed E-state index contributed by atoms with van der Waals surface area (Å²) in [5, 5.41) is 5.68. The lowest BCUT2D eigenvalue weighted by Gasteiger charge is -2.16. The third-order valence-electron chi connectivity index (χ3n) is 3.61. The molecule has 0 aliphatic heterocycles. The van der Waals surface area contributed by atoms with Crippen molar-refractivity contribution in [2.24, 2.45) is 0 Å². The molecule has 2 aromatic carbocycles. The van der Waals surface area contributed by atoms with E-state index in [0.717, 1.165) is 17.4 Å². The summed E-state index contributed by atoms with van der Waals surface area (Å²) in [7, 11) is 0. The molecule has 26 heavy (non-hydrogen) atoms. The Balaban J connectivity index is 1.99. The summed E-state index contributed by atoms with van der Waals surface area (Å²) in [4.78, 5) is 7.85. The van der Waals surface area contributed by atoms with Gasteiger partial charge in [0, 0.05) is 16.4 Å². The number of para-hydroxylation sites is 2. The maximum atomic E-state index is 13.3. The van der Waals surface area contributed by atoms with Gasteiger partial charge in [-0.25, -0.2) is 4.98 Å². The molecule has 0 saturated heterocycles. The molecule has 0 aliphatic rings. The molecule has 3 aromatic rings. The second-order valence-electron chi connectivity index (χ2n) is 5.50. The minimum absolute atomic E-state index is 0.0712. The fourth-order valence-electron chi connectivity index (χ4n) is 2.27. The second kappa shape index (κ2) is 7.33. The molecule has 8 heteroatoms. The molecule has 1 aromatic heterocycles. The first kappa shape index (κ1) is 18.2. The minimum Gasteiger partial charge on any atom is -0.339 e. The predicted octanol–water partition coefficient (Wildman–Crippen LogP) is 6.05. The number of alkyl halides is 3. The zero-order chi connectivity index (χ0) is 18.7. The van der Waals surface area contributed by atoms with Crippen LogP contribution in [-0.4, -0.2) is 9.97 Å². The van der Waals surface area contributed by atoms with Gasteiger partial charge in [-0.3, -0.25) is 0 Å². The second-order valence-corrected chi connectivity index (χ2v) is 6.35. The molecule has 4 nitrogen and oxygen atoms in total. The Bertz CT molecular complexity index is 928. The van der Waals surface area contributed by atoms with Crippen molar-refractivity contribution in [1.29, 1.82) is 0 Å². The van der Waals surface area contributed by atoms with Gasteiger partial charge in [0.2, 0.25) is 5.95 Å². The summed E-state index contributed by atoms with van der Waals surface area (Å²) < 4.78 is 40.6. The summed E-state index contributed by atoms with van der Waals surface area (Å²) >= 11 is 3.31. The molecular formula is C18H14BrF3N4. The minimum atomic E-state index is -4.58. The molecule has 0 atom stereocenters. The Kier molecular flexibility index (Phi) is 5.13. The van der Waals surface area contributed by atoms with Crippen molar-refractivity contribution in [3.63, 3.8) is 0 Å². The van der Waals surface area contributed by atoms with Crippen molar-refractivity contribution >= 4 is 39.1 Å². The number of hydrogen-bond acceptors (Lipinski definition) is 4. The van der Waals surface area contributed by atoms with Crippen molar-refractivity contribution in [3.8, 4) is 0 Å². The van der Waals surface area contributed by atoms with Gasteiger partial charge in [0.05, 0.1) is 5.69 Å². The third kappa shape index (κ3) is 4.13. The number of aryl methyl sites for hydroxylation is 1. The summed E-state index contributed by atoms with van der Waals surface area (Å²) in [6.45, 7) is 1.88. The highest BCUT2D eigenvalue weighted by molar-refractivity contribution is 9.10. The van der Waals surface area contributed by atoms with Crippen LogP contribution < -0.4 is 10.6 Å². The monoisotopic (exact) mass is 422 g/mol. The maximum Gasteiger partial charge on any atom is 0.421 e. The average molecular weight is 423 g/mol. The first-order chi connectivity index (χ1) is 12.3. The summed E-state index contributed by atoms with van der Waals surface area (Å²) in [5.41, 5.74) is 1.18. The summed E-state index contributed by atoms with van der Waals surface area (Å²) in [5.74, 6) is -0.252. The van der Waals surface area contributed by atoms with Crippen LogP contribution >= 0.6 is 15.9 Å². The molecular weight excluding hydrogens is 409 g/mol. The Morgan fingerprint density at radius 3 is 2.23 bits per heavy atom. The van der Waals surface area contributed by atoms with Crippen LogP contribution in [0.4, 0.5) is 36.3 Å². The van der Waals surface area contributed by atoms with E-state index < -0.39 is 11.7 Å². The average Bonchev–Trinajstić information content (AvgIpc) is 2.58. The van der Waals surface area contributed by atoms with Gasteiger partial charge in [-0.2, -0.15) is 18.2 Å². The van der Waals surface area contributed by atoms with E-state index in [-0.39, 0.29) is 11.8 Å². The van der Waals surface area contributed by atoms with E-state index in [1.807, 2.05) is 25.1 Å². The van der Waals surface area contributed by atoms with Crippen LogP contribution in [0.1, 0.15) is 11.1 Å². The van der Waals surface area contributed by atoms with E-state index in [4.69, 9.17) is 0 Å². The van der Waals surface area contributed by atoms with Crippen LogP contribution in [0.3, 0.4) is 0 Å². The molecule has 0 unspecified atom stereocenters. The number of rotatable bonds is 4. The van der Waals surface area contributed by atoms with Gasteiger partial charge >= 0.3 is 6.18 Å². The molecule has 0 radical (unpaired) electrons. The molecule has 0 bridgehead atoms. The van der Waals surface area contributed by atoms with Gasteiger partial charge in [-0.1, -0.05) is 30.3 Å². The highest BCUT2D eigenvalue weighted by Crippen LogP contribution is 2.36. The van der Waals surface area contributed by atoms with Crippen LogP contribution in [0.15, 0.2) is 59.2 Å². The van der Waals surface area contributed by atoms with Gasteiger partial charge in [0.1, 0.15) is 11.4 Å². The van der Waals surface area contributed by atoms with Crippen LogP contribution in [0.5, 0.6) is 0 Å². The number of benzene rings is 2. The zero-order valence-electron chi connectivity index (χ0n) is 13.6. The normalized spacial score (nSPS) is 11.3. The Morgan fingerprint density at radius 1 is 0.923 bits per heavy atom. The van der Waals surface area contributed by atoms with Crippen molar-refractivity contribution in [1.82, 2.24) is 9.97 Å². The van der Waals surface area contributed by atoms with Crippen LogP contribution in [-0.2, 0) is 6.18 Å². The molecule has 0 aliphatic carbocycles. The SMILES string of the molecule is Cc1ccccc1Nc1ncc(C(F)(F)F)c(Nc2ccccc2Br)n1. The third-order valence-corrected chi connectivity index (χ3v) is 4.30.